The van der Waals surface area contributed by atoms with Crippen molar-refractivity contribution in [3.8, 4) is 5.75 Å². The average Bonchev–Trinajstić information content (AvgIpc) is 2.91. The quantitative estimate of drug-likeness (QED) is 0.839. The fourth-order valence-corrected chi connectivity index (χ4v) is 4.42. The van der Waals surface area contributed by atoms with Gasteiger partial charge in [-0.25, -0.2) is 0 Å². The topological polar surface area (TPSA) is 75.7 Å². The van der Waals surface area contributed by atoms with E-state index in [1.807, 2.05) is 24.3 Å². The largest absolute Gasteiger partial charge is 0.493 e. The molecule has 0 radical (unpaired) electrons. The Morgan fingerprint density at radius 3 is 2.50 bits per heavy atom. The van der Waals surface area contributed by atoms with Gasteiger partial charge in [0.25, 0.3) is 0 Å². The van der Waals surface area contributed by atoms with Crippen LogP contribution in [0.5, 0.6) is 5.75 Å². The maximum atomic E-state index is 12.5. The summed E-state index contributed by atoms with van der Waals surface area (Å²) < 4.78 is 5.61. The van der Waals surface area contributed by atoms with Gasteiger partial charge in [0.15, 0.2) is 0 Å². The molecule has 2 heterocycles. The third-order valence-electron chi connectivity index (χ3n) is 5.79. The maximum absolute atomic E-state index is 12.5. The highest BCUT2D eigenvalue weighted by atomic mass is 16.5. The van der Waals surface area contributed by atoms with Crippen LogP contribution in [0.15, 0.2) is 24.3 Å². The number of imide groups is 1. The summed E-state index contributed by atoms with van der Waals surface area (Å²) in [5, 5.41) is 3.02. The molecule has 0 unspecified atom stereocenters. The van der Waals surface area contributed by atoms with Gasteiger partial charge in [-0.1, -0.05) is 31.0 Å². The second-order valence-electron chi connectivity index (χ2n) is 7.37. The molecule has 6 heteroatoms. The standard InChI is InChI=1S/C20H24N2O4/c23-18(21-16-10-12-26-17-8-4-3-7-15(16)17)9-11-22-19(24)13-5-1-2-6-14(13)20(22)25/h3-4,7-8,13-14,16H,1-2,5-6,9-12H2,(H,21,23)/t13-,14+,16-/m0/s1. The zero-order chi connectivity index (χ0) is 18.1. The molecule has 0 bridgehead atoms. The predicted molar refractivity (Wildman–Crippen MR) is 94.2 cm³/mol. The van der Waals surface area contributed by atoms with Gasteiger partial charge in [-0.15, -0.1) is 0 Å². The average molecular weight is 356 g/mol. The Bertz CT molecular complexity index is 708. The first-order valence-electron chi connectivity index (χ1n) is 9.51. The third kappa shape index (κ3) is 3.08. The predicted octanol–water partition coefficient (Wildman–Crippen LogP) is 2.19. The number of amides is 3. The molecule has 1 aromatic rings. The summed E-state index contributed by atoms with van der Waals surface area (Å²) in [6.07, 6.45) is 4.49. The molecule has 3 aliphatic rings. The van der Waals surface area contributed by atoms with Crippen molar-refractivity contribution < 1.29 is 19.1 Å². The first kappa shape index (κ1) is 17.1. The Kier molecular flexibility index (Phi) is 4.66. The van der Waals surface area contributed by atoms with Crippen molar-refractivity contribution in [2.75, 3.05) is 13.2 Å². The molecule has 0 aromatic heterocycles. The molecule has 138 valence electrons. The van der Waals surface area contributed by atoms with Crippen molar-refractivity contribution in [2.24, 2.45) is 11.8 Å². The molecule has 26 heavy (non-hydrogen) atoms. The van der Waals surface area contributed by atoms with Crippen molar-refractivity contribution in [3.63, 3.8) is 0 Å². The minimum atomic E-state index is -0.151. The molecule has 1 aromatic carbocycles. The van der Waals surface area contributed by atoms with Crippen molar-refractivity contribution in [1.82, 2.24) is 10.2 Å². The summed E-state index contributed by atoms with van der Waals surface area (Å²) in [7, 11) is 0. The molecule has 2 aliphatic heterocycles. The van der Waals surface area contributed by atoms with E-state index in [-0.39, 0.29) is 48.6 Å². The number of hydrogen-bond acceptors (Lipinski definition) is 4. The van der Waals surface area contributed by atoms with E-state index < -0.39 is 0 Å². The minimum absolute atomic E-state index is 0.0797. The number of likely N-dealkylation sites (tertiary alicyclic amines) is 1. The number of benzene rings is 1. The zero-order valence-electron chi connectivity index (χ0n) is 14.8. The number of ether oxygens (including phenoxy) is 1. The van der Waals surface area contributed by atoms with E-state index in [1.165, 1.54) is 4.90 Å². The molecule has 0 spiro atoms. The van der Waals surface area contributed by atoms with Crippen LogP contribution in [0.2, 0.25) is 0 Å². The lowest BCUT2D eigenvalue weighted by molar-refractivity contribution is -0.140. The van der Waals surface area contributed by atoms with Gasteiger partial charge in [-0.2, -0.15) is 0 Å². The normalized spacial score (nSPS) is 27.5. The van der Waals surface area contributed by atoms with Gasteiger partial charge in [0.05, 0.1) is 24.5 Å². The molecule has 1 saturated heterocycles. The van der Waals surface area contributed by atoms with Crippen LogP contribution in [0.1, 0.15) is 50.1 Å². The summed E-state index contributed by atoms with van der Waals surface area (Å²) in [6.45, 7) is 0.746. The van der Waals surface area contributed by atoms with Crippen LogP contribution >= 0.6 is 0 Å². The van der Waals surface area contributed by atoms with Crippen LogP contribution < -0.4 is 10.1 Å². The summed E-state index contributed by atoms with van der Waals surface area (Å²) in [6, 6.07) is 7.61. The van der Waals surface area contributed by atoms with Gasteiger partial charge in [0.2, 0.25) is 17.7 Å². The van der Waals surface area contributed by atoms with E-state index in [2.05, 4.69) is 5.32 Å². The minimum Gasteiger partial charge on any atom is -0.493 e. The second kappa shape index (κ2) is 7.09. The molecule has 6 nitrogen and oxygen atoms in total. The van der Waals surface area contributed by atoms with E-state index in [9.17, 15) is 14.4 Å². The summed E-state index contributed by atoms with van der Waals surface area (Å²) in [4.78, 5) is 38.7. The van der Waals surface area contributed by atoms with Crippen molar-refractivity contribution in [1.29, 1.82) is 0 Å². The highest BCUT2D eigenvalue weighted by Crippen LogP contribution is 2.38. The van der Waals surface area contributed by atoms with Gasteiger partial charge in [0.1, 0.15) is 5.75 Å². The Labute approximate surface area is 152 Å². The third-order valence-corrected chi connectivity index (χ3v) is 5.79. The zero-order valence-corrected chi connectivity index (χ0v) is 14.8. The van der Waals surface area contributed by atoms with Crippen molar-refractivity contribution in [3.05, 3.63) is 29.8 Å². The van der Waals surface area contributed by atoms with E-state index >= 15 is 0 Å². The first-order chi connectivity index (χ1) is 12.6. The van der Waals surface area contributed by atoms with Crippen LogP contribution in [0.4, 0.5) is 0 Å². The molecule has 3 amide bonds. The maximum Gasteiger partial charge on any atom is 0.233 e. The van der Waals surface area contributed by atoms with E-state index in [0.717, 1.165) is 37.0 Å². The summed E-state index contributed by atoms with van der Waals surface area (Å²) in [5.41, 5.74) is 0.978. The van der Waals surface area contributed by atoms with E-state index in [1.54, 1.807) is 0 Å². The van der Waals surface area contributed by atoms with Crippen LogP contribution in [0, 0.1) is 11.8 Å². The molecule has 1 saturated carbocycles. The van der Waals surface area contributed by atoms with Crippen LogP contribution in [0.25, 0.3) is 0 Å². The first-order valence-corrected chi connectivity index (χ1v) is 9.51. The fraction of sp³-hybridized carbons (Fsp3) is 0.550. The van der Waals surface area contributed by atoms with E-state index in [4.69, 9.17) is 4.74 Å². The lowest BCUT2D eigenvalue weighted by Crippen LogP contribution is -2.37. The Morgan fingerprint density at radius 2 is 1.77 bits per heavy atom. The Hall–Kier alpha value is -2.37. The molecular weight excluding hydrogens is 332 g/mol. The van der Waals surface area contributed by atoms with Crippen LogP contribution in [-0.4, -0.2) is 35.8 Å². The molecule has 1 aliphatic carbocycles. The number of nitrogens with zero attached hydrogens (tertiary/aromatic N) is 1. The SMILES string of the molecule is O=C(CCN1C(=O)[C@H]2CCCC[C@H]2C1=O)N[C@H]1CCOc2ccccc21. The van der Waals surface area contributed by atoms with Gasteiger partial charge in [-0.05, 0) is 18.9 Å². The number of fused-ring (bicyclic) bond motifs is 2. The summed E-state index contributed by atoms with van der Waals surface area (Å²) >= 11 is 0. The van der Waals surface area contributed by atoms with Gasteiger partial charge in [-0.3, -0.25) is 19.3 Å². The molecule has 4 rings (SSSR count). The van der Waals surface area contributed by atoms with E-state index in [0.29, 0.717) is 13.0 Å². The highest BCUT2D eigenvalue weighted by molar-refractivity contribution is 6.05. The van der Waals surface area contributed by atoms with Gasteiger partial charge < -0.3 is 10.1 Å². The van der Waals surface area contributed by atoms with Crippen molar-refractivity contribution >= 4 is 17.7 Å². The molecule has 1 N–H and O–H groups in total. The number of carbonyl (C=O) groups excluding carboxylic acids is 3. The smallest absolute Gasteiger partial charge is 0.233 e. The second-order valence-corrected chi connectivity index (χ2v) is 7.37. The van der Waals surface area contributed by atoms with Gasteiger partial charge >= 0.3 is 0 Å². The molecular formula is C20H24N2O4. The molecule has 3 atom stereocenters. The van der Waals surface area contributed by atoms with Crippen LogP contribution in [-0.2, 0) is 14.4 Å². The number of para-hydroxylation sites is 1. The molecule has 2 fully saturated rings. The Balaban J connectivity index is 1.35. The van der Waals surface area contributed by atoms with Crippen molar-refractivity contribution in [2.45, 2.75) is 44.6 Å². The lowest BCUT2D eigenvalue weighted by Gasteiger charge is -2.26. The fourth-order valence-electron chi connectivity index (χ4n) is 4.42. The number of rotatable bonds is 4. The number of hydrogen-bond donors (Lipinski definition) is 1. The van der Waals surface area contributed by atoms with Gasteiger partial charge in [0, 0.05) is 24.9 Å². The number of carbonyl (C=O) groups is 3. The highest BCUT2D eigenvalue weighted by Gasteiger charge is 2.47. The monoisotopic (exact) mass is 356 g/mol. The Morgan fingerprint density at radius 1 is 1.08 bits per heavy atom. The number of nitrogens with one attached hydrogen (secondary N) is 1. The summed E-state index contributed by atoms with van der Waals surface area (Å²) in [5.74, 6) is 0.205. The van der Waals surface area contributed by atoms with Crippen LogP contribution in [0.3, 0.4) is 0 Å². The lowest BCUT2D eigenvalue weighted by atomic mass is 9.81.